The van der Waals surface area contributed by atoms with Crippen molar-refractivity contribution in [2.45, 2.75) is 24.6 Å². The molecule has 11 heavy (non-hydrogen) atoms. The van der Waals surface area contributed by atoms with E-state index < -0.39 is 0 Å². The normalized spacial score (nSPS) is 12.3. The Morgan fingerprint density at radius 3 is 2.45 bits per heavy atom. The highest BCUT2D eigenvalue weighted by atomic mass is 79.9. The Morgan fingerprint density at radius 1 is 1.55 bits per heavy atom. The molecule has 3 nitrogen and oxygen atoms in total. The van der Waals surface area contributed by atoms with E-state index in [1.807, 2.05) is 0 Å². The van der Waals surface area contributed by atoms with Crippen LogP contribution in [0.15, 0.2) is 0 Å². The number of carbonyl (C=O) groups excluding carboxylic acids is 2. The molecule has 0 saturated carbocycles. The first-order chi connectivity index (χ1) is 5.07. The zero-order chi connectivity index (χ0) is 8.85. The maximum Gasteiger partial charge on any atom is 0.305 e. The fraction of sp³-hybridized carbons (Fsp3) is 0.714. The number of hydrogen-bond donors (Lipinski definition) is 0. The van der Waals surface area contributed by atoms with Gasteiger partial charge in [-0.2, -0.15) is 0 Å². The van der Waals surface area contributed by atoms with Gasteiger partial charge in [0.15, 0.2) is 0 Å². The van der Waals surface area contributed by atoms with Gasteiger partial charge in [-0.25, -0.2) is 0 Å². The topological polar surface area (TPSA) is 43.4 Å². The van der Waals surface area contributed by atoms with Crippen LogP contribution in [0.1, 0.15) is 19.8 Å². The molecule has 0 saturated heterocycles. The third-order valence-electron chi connectivity index (χ3n) is 1.27. The fourth-order valence-corrected chi connectivity index (χ4v) is 0.779. The van der Waals surface area contributed by atoms with Gasteiger partial charge in [0.25, 0.3) is 0 Å². The van der Waals surface area contributed by atoms with E-state index in [1.165, 1.54) is 14.0 Å². The molecule has 1 unspecified atom stereocenters. The first kappa shape index (κ1) is 10.6. The van der Waals surface area contributed by atoms with Crippen LogP contribution in [-0.2, 0) is 14.3 Å². The van der Waals surface area contributed by atoms with Crippen molar-refractivity contribution in [2.24, 2.45) is 0 Å². The molecule has 0 aromatic heterocycles. The number of hydrogen-bond acceptors (Lipinski definition) is 3. The van der Waals surface area contributed by atoms with E-state index >= 15 is 0 Å². The zero-order valence-electron chi connectivity index (χ0n) is 6.59. The molecule has 0 aliphatic heterocycles. The summed E-state index contributed by atoms with van der Waals surface area (Å²) in [5.41, 5.74) is 0. The molecule has 0 bridgehead atoms. The number of rotatable bonds is 4. The van der Waals surface area contributed by atoms with Crippen LogP contribution in [0.3, 0.4) is 0 Å². The average Bonchev–Trinajstić information content (AvgIpc) is 1.99. The molecule has 0 fully saturated rings. The average molecular weight is 223 g/mol. The Labute approximate surface area is 74.2 Å². The third kappa shape index (κ3) is 4.95. The van der Waals surface area contributed by atoms with E-state index in [0.717, 1.165) is 0 Å². The van der Waals surface area contributed by atoms with Gasteiger partial charge in [-0.3, -0.25) is 9.59 Å². The number of halogens is 1. The molecule has 0 N–H and O–H groups in total. The second kappa shape index (κ2) is 5.29. The molecule has 4 heteroatoms. The number of Topliss-reactive ketones (excluding diaryl/α,β-unsaturated/α-hetero) is 1. The Kier molecular flexibility index (Phi) is 5.11. The van der Waals surface area contributed by atoms with Crippen molar-refractivity contribution in [1.29, 1.82) is 0 Å². The largest absolute Gasteiger partial charge is 0.469 e. The summed E-state index contributed by atoms with van der Waals surface area (Å²) in [6, 6.07) is 0. The van der Waals surface area contributed by atoms with Gasteiger partial charge in [-0.05, 0) is 13.3 Å². The first-order valence-corrected chi connectivity index (χ1v) is 4.20. The van der Waals surface area contributed by atoms with E-state index in [4.69, 9.17) is 0 Å². The number of alkyl halides is 1. The van der Waals surface area contributed by atoms with Crippen molar-refractivity contribution in [2.75, 3.05) is 7.11 Å². The van der Waals surface area contributed by atoms with Gasteiger partial charge in [-0.1, -0.05) is 15.9 Å². The zero-order valence-corrected chi connectivity index (χ0v) is 8.18. The lowest BCUT2D eigenvalue weighted by molar-refractivity contribution is -0.140. The Bertz CT molecular complexity index is 156. The van der Waals surface area contributed by atoms with Gasteiger partial charge < -0.3 is 4.74 Å². The quantitative estimate of drug-likeness (QED) is 0.532. The van der Waals surface area contributed by atoms with E-state index in [1.54, 1.807) is 0 Å². The summed E-state index contributed by atoms with van der Waals surface area (Å²) in [6.45, 7) is 1.48. The molecular formula is C7H11BrO3. The lowest BCUT2D eigenvalue weighted by atomic mass is 10.2. The summed E-state index contributed by atoms with van der Waals surface area (Å²) in [5, 5.41) is 0. The van der Waals surface area contributed by atoms with Crippen molar-refractivity contribution < 1.29 is 14.3 Å². The summed E-state index contributed by atoms with van der Waals surface area (Å²) in [7, 11) is 1.33. The number of ketones is 1. The van der Waals surface area contributed by atoms with Crippen molar-refractivity contribution in [3.05, 3.63) is 0 Å². The molecule has 0 heterocycles. The molecule has 0 aromatic carbocycles. The van der Waals surface area contributed by atoms with Gasteiger partial charge in [0, 0.05) is 6.42 Å². The third-order valence-corrected chi connectivity index (χ3v) is 2.37. The minimum atomic E-state index is -0.282. The Hall–Kier alpha value is -0.380. The van der Waals surface area contributed by atoms with Crippen molar-refractivity contribution in [1.82, 2.24) is 0 Å². The van der Waals surface area contributed by atoms with Crippen LogP contribution in [0.25, 0.3) is 0 Å². The second-order valence-corrected chi connectivity index (χ2v) is 3.30. The first-order valence-electron chi connectivity index (χ1n) is 3.29. The van der Waals surface area contributed by atoms with Gasteiger partial charge in [0.2, 0.25) is 0 Å². The summed E-state index contributed by atoms with van der Waals surface area (Å²) >= 11 is 3.14. The molecule has 1 atom stereocenters. The molecule has 0 aromatic rings. The van der Waals surface area contributed by atoms with Crippen LogP contribution in [0.2, 0.25) is 0 Å². The minimum Gasteiger partial charge on any atom is -0.469 e. The molecule has 0 amide bonds. The van der Waals surface area contributed by atoms with Crippen LogP contribution >= 0.6 is 15.9 Å². The molecule has 64 valence electrons. The number of ether oxygens (including phenoxy) is 1. The Morgan fingerprint density at radius 2 is 2.09 bits per heavy atom. The van der Waals surface area contributed by atoms with E-state index in [-0.39, 0.29) is 23.0 Å². The highest BCUT2D eigenvalue weighted by Gasteiger charge is 2.11. The van der Waals surface area contributed by atoms with Crippen molar-refractivity contribution >= 4 is 27.7 Å². The van der Waals surface area contributed by atoms with Crippen LogP contribution in [0.4, 0.5) is 0 Å². The summed E-state index contributed by atoms with van der Waals surface area (Å²) in [5.74, 6) is -0.246. The van der Waals surface area contributed by atoms with Crippen LogP contribution in [0, 0.1) is 0 Å². The maximum atomic E-state index is 10.6. The number of carbonyl (C=O) groups is 2. The fourth-order valence-electron chi connectivity index (χ4n) is 0.550. The monoisotopic (exact) mass is 222 g/mol. The van der Waals surface area contributed by atoms with Crippen LogP contribution in [-0.4, -0.2) is 23.7 Å². The van der Waals surface area contributed by atoms with Crippen molar-refractivity contribution in [3.8, 4) is 0 Å². The highest BCUT2D eigenvalue weighted by Crippen LogP contribution is 2.09. The predicted molar refractivity (Wildman–Crippen MR) is 44.6 cm³/mol. The molecule has 0 radical (unpaired) electrons. The molecule has 0 aliphatic rings. The van der Waals surface area contributed by atoms with Crippen molar-refractivity contribution in [3.63, 3.8) is 0 Å². The smallest absolute Gasteiger partial charge is 0.305 e. The molecule has 0 spiro atoms. The van der Waals surface area contributed by atoms with E-state index in [2.05, 4.69) is 20.7 Å². The van der Waals surface area contributed by atoms with E-state index in [9.17, 15) is 9.59 Å². The number of esters is 1. The lowest BCUT2D eigenvalue weighted by Crippen LogP contribution is -2.12. The highest BCUT2D eigenvalue weighted by molar-refractivity contribution is 9.10. The molecule has 0 aliphatic carbocycles. The predicted octanol–water partition coefficient (Wildman–Crippen LogP) is 1.29. The summed E-state index contributed by atoms with van der Waals surface area (Å²) < 4.78 is 4.41. The standard InChI is InChI=1S/C7H11BrO3/c1-5(9)6(8)3-4-7(10)11-2/h6H,3-4H2,1-2H3. The lowest BCUT2D eigenvalue weighted by Gasteiger charge is -2.02. The van der Waals surface area contributed by atoms with Gasteiger partial charge >= 0.3 is 5.97 Å². The van der Waals surface area contributed by atoms with Gasteiger partial charge in [0.1, 0.15) is 5.78 Å². The minimum absolute atomic E-state index is 0.0360. The Balaban J connectivity index is 3.54. The van der Waals surface area contributed by atoms with Crippen LogP contribution < -0.4 is 0 Å². The van der Waals surface area contributed by atoms with Gasteiger partial charge in [0.05, 0.1) is 11.9 Å². The summed E-state index contributed by atoms with van der Waals surface area (Å²) in [6.07, 6.45) is 0.786. The number of methoxy groups -OCH3 is 1. The second-order valence-electron chi connectivity index (χ2n) is 2.19. The van der Waals surface area contributed by atoms with Crippen LogP contribution in [0.5, 0.6) is 0 Å². The molecular weight excluding hydrogens is 212 g/mol. The SMILES string of the molecule is COC(=O)CCC(Br)C(C)=O. The summed E-state index contributed by atoms with van der Waals surface area (Å²) in [4.78, 5) is 21.0. The van der Waals surface area contributed by atoms with E-state index in [0.29, 0.717) is 6.42 Å². The van der Waals surface area contributed by atoms with Gasteiger partial charge in [-0.15, -0.1) is 0 Å². The molecule has 0 rings (SSSR count). The maximum absolute atomic E-state index is 10.6.